The molecule has 0 spiro atoms. The fourth-order valence-electron chi connectivity index (χ4n) is 2.15. The van der Waals surface area contributed by atoms with Gasteiger partial charge in [-0.25, -0.2) is 9.37 Å². The predicted molar refractivity (Wildman–Crippen MR) is 72.8 cm³/mol. The first-order valence-electron chi connectivity index (χ1n) is 6.90. The molecule has 2 rings (SSSR count). The number of nitrogens with one attached hydrogen (secondary N) is 1. The molecule has 1 aromatic heterocycles. The Morgan fingerprint density at radius 1 is 1.53 bits per heavy atom. The van der Waals surface area contributed by atoms with E-state index in [2.05, 4.69) is 15.3 Å². The molecule has 2 N–H and O–H groups in total. The maximum atomic E-state index is 13.9. The molecule has 0 atom stereocenters. The van der Waals surface area contributed by atoms with Gasteiger partial charge in [-0.05, 0) is 25.7 Å². The highest BCUT2D eigenvalue weighted by atomic mass is 19.1. The van der Waals surface area contributed by atoms with Gasteiger partial charge in [0.15, 0.2) is 11.6 Å². The van der Waals surface area contributed by atoms with Crippen LogP contribution in [0.25, 0.3) is 0 Å². The van der Waals surface area contributed by atoms with Gasteiger partial charge >= 0.3 is 0 Å². The summed E-state index contributed by atoms with van der Waals surface area (Å²) in [7, 11) is 0. The zero-order valence-electron chi connectivity index (χ0n) is 11.3. The van der Waals surface area contributed by atoms with Gasteiger partial charge in [0.1, 0.15) is 0 Å². The third kappa shape index (κ3) is 3.32. The van der Waals surface area contributed by atoms with Crippen molar-refractivity contribution in [2.24, 2.45) is 0 Å². The van der Waals surface area contributed by atoms with Crippen LogP contribution < -0.4 is 10.2 Å². The van der Waals surface area contributed by atoms with E-state index in [-0.39, 0.29) is 12.6 Å². The molecule has 0 bridgehead atoms. The molecule has 1 fully saturated rings. The second-order valence-corrected chi connectivity index (χ2v) is 4.79. The third-order valence-corrected chi connectivity index (χ3v) is 3.39. The van der Waals surface area contributed by atoms with E-state index in [0.29, 0.717) is 18.3 Å². The molecule has 0 unspecified atom stereocenters. The van der Waals surface area contributed by atoms with Crippen molar-refractivity contribution < 1.29 is 9.50 Å². The average Bonchev–Trinajstić information content (AvgIpc) is 2.35. The standard InChI is InChI=1S/C13H21FN4O/c1-2-6-15-13-16-9-11(14)12(17-13)18(7-8-19)10-4-3-5-10/h9-10,19H,2-8H2,1H3,(H,15,16,17). The van der Waals surface area contributed by atoms with Crippen molar-refractivity contribution in [1.82, 2.24) is 9.97 Å². The van der Waals surface area contributed by atoms with Gasteiger partial charge in [-0.1, -0.05) is 6.92 Å². The summed E-state index contributed by atoms with van der Waals surface area (Å²) in [6.07, 6.45) is 5.37. The first-order valence-corrected chi connectivity index (χ1v) is 6.90. The van der Waals surface area contributed by atoms with Gasteiger partial charge in [0, 0.05) is 19.1 Å². The van der Waals surface area contributed by atoms with Crippen LogP contribution in [0.1, 0.15) is 32.6 Å². The van der Waals surface area contributed by atoms with Crippen molar-refractivity contribution in [1.29, 1.82) is 0 Å². The Bertz CT molecular complexity index is 412. The number of halogens is 1. The number of hydrogen-bond donors (Lipinski definition) is 2. The number of hydrogen-bond acceptors (Lipinski definition) is 5. The van der Waals surface area contributed by atoms with Gasteiger partial charge < -0.3 is 15.3 Å². The first-order chi connectivity index (χ1) is 9.26. The highest BCUT2D eigenvalue weighted by molar-refractivity contribution is 5.45. The normalized spacial score (nSPS) is 15.1. The minimum absolute atomic E-state index is 0.00232. The van der Waals surface area contributed by atoms with Crippen molar-refractivity contribution >= 4 is 11.8 Å². The Hall–Kier alpha value is -1.43. The molecular formula is C13H21FN4O. The number of nitrogens with zero attached hydrogens (tertiary/aromatic N) is 3. The van der Waals surface area contributed by atoms with Crippen LogP contribution in [-0.4, -0.2) is 40.8 Å². The van der Waals surface area contributed by atoms with Crippen LogP contribution in [0.4, 0.5) is 16.2 Å². The molecule has 1 heterocycles. The summed E-state index contributed by atoms with van der Waals surface area (Å²) < 4.78 is 13.9. The van der Waals surface area contributed by atoms with E-state index >= 15 is 0 Å². The Labute approximate surface area is 112 Å². The summed E-state index contributed by atoms with van der Waals surface area (Å²) >= 11 is 0. The number of aromatic nitrogens is 2. The molecule has 0 amide bonds. The largest absolute Gasteiger partial charge is 0.395 e. The average molecular weight is 268 g/mol. The number of rotatable bonds is 7. The molecule has 5 nitrogen and oxygen atoms in total. The molecule has 19 heavy (non-hydrogen) atoms. The molecule has 0 saturated heterocycles. The number of aliphatic hydroxyl groups excluding tert-OH is 1. The zero-order chi connectivity index (χ0) is 13.7. The summed E-state index contributed by atoms with van der Waals surface area (Å²) in [4.78, 5) is 10.0. The fourth-order valence-corrected chi connectivity index (χ4v) is 2.15. The van der Waals surface area contributed by atoms with E-state index in [1.807, 2.05) is 11.8 Å². The van der Waals surface area contributed by atoms with E-state index in [1.165, 1.54) is 6.20 Å². The van der Waals surface area contributed by atoms with Gasteiger partial charge in [-0.3, -0.25) is 0 Å². The predicted octanol–water partition coefficient (Wildman–Crippen LogP) is 1.79. The van der Waals surface area contributed by atoms with Crippen LogP contribution in [0.15, 0.2) is 6.20 Å². The highest BCUT2D eigenvalue weighted by Gasteiger charge is 2.27. The van der Waals surface area contributed by atoms with Crippen molar-refractivity contribution in [3.05, 3.63) is 12.0 Å². The Morgan fingerprint density at radius 3 is 2.89 bits per heavy atom. The summed E-state index contributed by atoms with van der Waals surface area (Å²) in [6.45, 7) is 3.21. The number of anilines is 2. The maximum absolute atomic E-state index is 13.9. The lowest BCUT2D eigenvalue weighted by molar-refractivity contribution is 0.282. The minimum atomic E-state index is -0.428. The summed E-state index contributed by atoms with van der Waals surface area (Å²) in [5.74, 6) is 0.315. The lowest BCUT2D eigenvalue weighted by atomic mass is 9.91. The zero-order valence-corrected chi connectivity index (χ0v) is 11.3. The lowest BCUT2D eigenvalue weighted by Crippen LogP contribution is -2.43. The molecule has 0 aromatic carbocycles. The lowest BCUT2D eigenvalue weighted by Gasteiger charge is -2.38. The highest BCUT2D eigenvalue weighted by Crippen LogP contribution is 2.29. The molecule has 1 saturated carbocycles. The molecule has 0 aliphatic heterocycles. The second-order valence-electron chi connectivity index (χ2n) is 4.79. The van der Waals surface area contributed by atoms with E-state index in [9.17, 15) is 4.39 Å². The monoisotopic (exact) mass is 268 g/mol. The molecule has 106 valence electrons. The van der Waals surface area contributed by atoms with E-state index in [0.717, 1.165) is 32.2 Å². The van der Waals surface area contributed by atoms with Crippen LogP contribution in [0.3, 0.4) is 0 Å². The summed E-state index contributed by atoms with van der Waals surface area (Å²) in [5, 5.41) is 12.2. The van der Waals surface area contributed by atoms with E-state index < -0.39 is 5.82 Å². The van der Waals surface area contributed by atoms with Crippen molar-refractivity contribution in [3.63, 3.8) is 0 Å². The van der Waals surface area contributed by atoms with Crippen molar-refractivity contribution in [3.8, 4) is 0 Å². The maximum Gasteiger partial charge on any atom is 0.224 e. The van der Waals surface area contributed by atoms with Crippen LogP contribution in [0.2, 0.25) is 0 Å². The Kier molecular flexibility index (Phi) is 4.90. The van der Waals surface area contributed by atoms with Crippen LogP contribution in [0.5, 0.6) is 0 Å². The Balaban J connectivity index is 2.18. The minimum Gasteiger partial charge on any atom is -0.395 e. The van der Waals surface area contributed by atoms with Crippen LogP contribution in [-0.2, 0) is 0 Å². The van der Waals surface area contributed by atoms with Gasteiger partial charge in [0.25, 0.3) is 0 Å². The quantitative estimate of drug-likeness (QED) is 0.789. The van der Waals surface area contributed by atoms with E-state index in [1.54, 1.807) is 0 Å². The first kappa shape index (κ1) is 14.0. The second kappa shape index (κ2) is 6.65. The SMILES string of the molecule is CCCNc1ncc(F)c(N(CCO)C2CCC2)n1. The molecule has 1 aliphatic carbocycles. The van der Waals surface area contributed by atoms with Gasteiger partial charge in [-0.2, -0.15) is 4.98 Å². The molecule has 0 radical (unpaired) electrons. The molecule has 1 aromatic rings. The van der Waals surface area contributed by atoms with Gasteiger partial charge in [0.05, 0.1) is 12.8 Å². The molecular weight excluding hydrogens is 247 g/mol. The van der Waals surface area contributed by atoms with Crippen LogP contribution >= 0.6 is 0 Å². The fraction of sp³-hybridized carbons (Fsp3) is 0.692. The summed E-state index contributed by atoms with van der Waals surface area (Å²) in [5.41, 5.74) is 0. The van der Waals surface area contributed by atoms with Gasteiger partial charge in [-0.15, -0.1) is 0 Å². The van der Waals surface area contributed by atoms with Crippen molar-refractivity contribution in [2.45, 2.75) is 38.6 Å². The molecule has 1 aliphatic rings. The van der Waals surface area contributed by atoms with Crippen LogP contribution in [0, 0.1) is 5.82 Å². The van der Waals surface area contributed by atoms with E-state index in [4.69, 9.17) is 5.11 Å². The van der Waals surface area contributed by atoms with Gasteiger partial charge in [0.2, 0.25) is 5.95 Å². The topological polar surface area (TPSA) is 61.3 Å². The molecule has 6 heteroatoms. The smallest absolute Gasteiger partial charge is 0.224 e. The number of aliphatic hydroxyl groups is 1. The van der Waals surface area contributed by atoms with Crippen molar-refractivity contribution in [2.75, 3.05) is 29.9 Å². The Morgan fingerprint density at radius 2 is 2.32 bits per heavy atom. The third-order valence-electron chi connectivity index (χ3n) is 3.39. The summed E-state index contributed by atoms with van der Waals surface area (Å²) in [6, 6.07) is 0.288.